The summed E-state index contributed by atoms with van der Waals surface area (Å²) in [6.07, 6.45) is 1.62. The van der Waals surface area contributed by atoms with Crippen LogP contribution in [-0.2, 0) is 0 Å². The Bertz CT molecular complexity index is 599. The predicted octanol–water partition coefficient (Wildman–Crippen LogP) is 3.11. The van der Waals surface area contributed by atoms with Gasteiger partial charge in [0, 0.05) is 11.8 Å². The highest BCUT2D eigenvalue weighted by Crippen LogP contribution is 2.30. The summed E-state index contributed by atoms with van der Waals surface area (Å²) in [4.78, 5) is 15.0. The molecule has 0 spiro atoms. The van der Waals surface area contributed by atoms with Crippen molar-refractivity contribution in [1.29, 1.82) is 0 Å². The number of halogens is 1. The molecular formula is C13H10ClNO3. The molecule has 0 bridgehead atoms. The smallest absolute Gasteiger partial charge is 0.337 e. The lowest BCUT2D eigenvalue weighted by molar-refractivity contribution is 0.0697. The van der Waals surface area contributed by atoms with Crippen molar-refractivity contribution < 1.29 is 14.6 Å². The summed E-state index contributed by atoms with van der Waals surface area (Å²) in [5, 5.41) is 9.09. The highest BCUT2D eigenvalue weighted by molar-refractivity contribution is 6.33. The fraction of sp³-hybridized carbons (Fsp3) is 0.0769. The van der Waals surface area contributed by atoms with E-state index in [2.05, 4.69) is 4.98 Å². The Morgan fingerprint density at radius 2 is 2.17 bits per heavy atom. The minimum Gasteiger partial charge on any atom is -0.481 e. The van der Waals surface area contributed by atoms with Gasteiger partial charge < -0.3 is 9.84 Å². The van der Waals surface area contributed by atoms with Crippen molar-refractivity contribution in [3.05, 3.63) is 47.1 Å². The Balaban J connectivity index is 2.52. The molecule has 92 valence electrons. The third-order valence-corrected chi connectivity index (χ3v) is 2.79. The number of carbonyl (C=O) groups is 1. The van der Waals surface area contributed by atoms with Crippen molar-refractivity contribution in [2.75, 3.05) is 7.11 Å². The third-order valence-electron chi connectivity index (χ3n) is 2.48. The van der Waals surface area contributed by atoms with Gasteiger partial charge in [0.1, 0.15) is 0 Å². The second kappa shape index (κ2) is 5.06. The van der Waals surface area contributed by atoms with Crippen molar-refractivity contribution >= 4 is 17.6 Å². The first-order chi connectivity index (χ1) is 8.63. The highest BCUT2D eigenvalue weighted by atomic mass is 35.5. The molecule has 0 fully saturated rings. The number of methoxy groups -OCH3 is 1. The molecular weight excluding hydrogens is 254 g/mol. The van der Waals surface area contributed by atoms with Crippen molar-refractivity contribution in [2.24, 2.45) is 0 Å². The summed E-state index contributed by atoms with van der Waals surface area (Å²) < 4.78 is 5.15. The van der Waals surface area contributed by atoms with Crippen molar-refractivity contribution in [1.82, 2.24) is 4.98 Å². The van der Waals surface area contributed by atoms with E-state index in [-0.39, 0.29) is 10.6 Å². The van der Waals surface area contributed by atoms with Gasteiger partial charge in [0.2, 0.25) is 5.88 Å². The SMILES string of the molecule is COc1ncccc1-c1ccc(C(=O)O)c(Cl)c1. The first kappa shape index (κ1) is 12.4. The average Bonchev–Trinajstić information content (AvgIpc) is 2.38. The Kier molecular flexibility index (Phi) is 3.48. The number of aromatic nitrogens is 1. The molecule has 0 aliphatic heterocycles. The molecule has 0 saturated heterocycles. The molecule has 2 rings (SSSR count). The Hall–Kier alpha value is -2.07. The second-order valence-corrected chi connectivity index (χ2v) is 3.97. The number of hydrogen-bond acceptors (Lipinski definition) is 3. The van der Waals surface area contributed by atoms with E-state index in [1.807, 2.05) is 6.07 Å². The zero-order chi connectivity index (χ0) is 13.1. The van der Waals surface area contributed by atoms with Crippen LogP contribution in [0.25, 0.3) is 11.1 Å². The van der Waals surface area contributed by atoms with Crippen LogP contribution in [0.5, 0.6) is 5.88 Å². The van der Waals surface area contributed by atoms with Crippen LogP contribution in [0.4, 0.5) is 0 Å². The first-order valence-corrected chi connectivity index (χ1v) is 5.53. The number of benzene rings is 1. The summed E-state index contributed by atoms with van der Waals surface area (Å²) in [6, 6.07) is 8.33. The molecule has 0 radical (unpaired) electrons. The molecule has 18 heavy (non-hydrogen) atoms. The summed E-state index contributed by atoms with van der Waals surface area (Å²) in [6.45, 7) is 0. The normalized spacial score (nSPS) is 10.1. The number of nitrogens with zero attached hydrogens (tertiary/aromatic N) is 1. The number of aromatic carboxylic acids is 1. The molecule has 4 nitrogen and oxygen atoms in total. The van der Waals surface area contributed by atoms with E-state index < -0.39 is 5.97 Å². The van der Waals surface area contributed by atoms with Crippen LogP contribution in [-0.4, -0.2) is 23.2 Å². The predicted molar refractivity (Wildman–Crippen MR) is 68.2 cm³/mol. The Labute approximate surface area is 109 Å². The van der Waals surface area contributed by atoms with E-state index in [9.17, 15) is 4.79 Å². The van der Waals surface area contributed by atoms with Gasteiger partial charge in [0.25, 0.3) is 0 Å². The summed E-state index contributed by atoms with van der Waals surface area (Å²) >= 11 is 5.93. The van der Waals surface area contributed by atoms with Crippen LogP contribution >= 0.6 is 11.6 Å². The highest BCUT2D eigenvalue weighted by Gasteiger charge is 2.12. The largest absolute Gasteiger partial charge is 0.481 e. The van der Waals surface area contributed by atoms with Crippen molar-refractivity contribution in [3.63, 3.8) is 0 Å². The van der Waals surface area contributed by atoms with Crippen LogP contribution in [0.1, 0.15) is 10.4 Å². The molecule has 0 unspecified atom stereocenters. The fourth-order valence-corrected chi connectivity index (χ4v) is 1.89. The average molecular weight is 264 g/mol. The van der Waals surface area contributed by atoms with Crippen LogP contribution in [0.3, 0.4) is 0 Å². The van der Waals surface area contributed by atoms with Crippen molar-refractivity contribution in [2.45, 2.75) is 0 Å². The standard InChI is InChI=1S/C13H10ClNO3/c1-18-12-9(3-2-6-15-12)8-4-5-10(13(16)17)11(14)7-8/h2-7H,1H3,(H,16,17). The van der Waals surface area contributed by atoms with E-state index in [0.29, 0.717) is 5.88 Å². The van der Waals surface area contributed by atoms with Gasteiger partial charge in [-0.1, -0.05) is 17.7 Å². The number of carboxylic acid groups (broad SMARTS) is 1. The number of pyridine rings is 1. The molecule has 1 aromatic carbocycles. The summed E-state index contributed by atoms with van der Waals surface area (Å²) in [7, 11) is 1.53. The molecule has 5 heteroatoms. The topological polar surface area (TPSA) is 59.4 Å². The zero-order valence-corrected chi connectivity index (χ0v) is 10.3. The maximum Gasteiger partial charge on any atom is 0.337 e. The number of rotatable bonds is 3. The van der Waals surface area contributed by atoms with E-state index >= 15 is 0 Å². The van der Waals surface area contributed by atoms with Crippen LogP contribution in [0.2, 0.25) is 5.02 Å². The number of ether oxygens (including phenoxy) is 1. The van der Waals surface area contributed by atoms with Crippen LogP contribution < -0.4 is 4.74 Å². The van der Waals surface area contributed by atoms with E-state index in [1.54, 1.807) is 24.4 Å². The fourth-order valence-electron chi connectivity index (χ4n) is 1.63. The van der Waals surface area contributed by atoms with Gasteiger partial charge in [-0.3, -0.25) is 0 Å². The third kappa shape index (κ3) is 2.28. The lowest BCUT2D eigenvalue weighted by Gasteiger charge is -2.08. The summed E-state index contributed by atoms with van der Waals surface area (Å²) in [5.41, 5.74) is 1.59. The van der Waals surface area contributed by atoms with Gasteiger partial charge in [0.15, 0.2) is 0 Å². The maximum absolute atomic E-state index is 10.9. The lowest BCUT2D eigenvalue weighted by Crippen LogP contribution is -1.97. The van der Waals surface area contributed by atoms with Gasteiger partial charge in [-0.25, -0.2) is 9.78 Å². The molecule has 1 heterocycles. The first-order valence-electron chi connectivity index (χ1n) is 5.15. The van der Waals surface area contributed by atoms with E-state index in [4.69, 9.17) is 21.4 Å². The van der Waals surface area contributed by atoms with E-state index in [1.165, 1.54) is 13.2 Å². The maximum atomic E-state index is 10.9. The van der Waals surface area contributed by atoms with Crippen LogP contribution in [0, 0.1) is 0 Å². The Morgan fingerprint density at radius 1 is 1.39 bits per heavy atom. The van der Waals surface area contributed by atoms with Gasteiger partial charge >= 0.3 is 5.97 Å². The monoisotopic (exact) mass is 263 g/mol. The number of hydrogen-bond donors (Lipinski definition) is 1. The molecule has 1 aromatic heterocycles. The lowest BCUT2D eigenvalue weighted by atomic mass is 10.1. The summed E-state index contributed by atoms with van der Waals surface area (Å²) in [5.74, 6) is -0.582. The second-order valence-electron chi connectivity index (χ2n) is 3.56. The van der Waals surface area contributed by atoms with Crippen LogP contribution in [0.15, 0.2) is 36.5 Å². The minimum absolute atomic E-state index is 0.0725. The minimum atomic E-state index is -1.05. The quantitative estimate of drug-likeness (QED) is 0.924. The molecule has 0 aliphatic rings. The molecule has 1 N–H and O–H groups in total. The zero-order valence-electron chi connectivity index (χ0n) is 9.55. The molecule has 0 saturated carbocycles. The van der Waals surface area contributed by atoms with E-state index in [0.717, 1.165) is 11.1 Å². The molecule has 2 aromatic rings. The van der Waals surface area contributed by atoms with Gasteiger partial charge in [-0.05, 0) is 29.8 Å². The van der Waals surface area contributed by atoms with Gasteiger partial charge in [0.05, 0.1) is 17.7 Å². The van der Waals surface area contributed by atoms with Gasteiger partial charge in [-0.2, -0.15) is 0 Å². The Morgan fingerprint density at radius 3 is 2.78 bits per heavy atom. The molecule has 0 atom stereocenters. The molecule has 0 aliphatic carbocycles. The van der Waals surface area contributed by atoms with Gasteiger partial charge in [-0.15, -0.1) is 0 Å². The molecule has 0 amide bonds. The number of carboxylic acids is 1. The van der Waals surface area contributed by atoms with Crippen molar-refractivity contribution in [3.8, 4) is 17.0 Å².